The monoisotopic (exact) mass is 318 g/mol. The molecule has 3 heterocycles. The van der Waals surface area contributed by atoms with Crippen molar-refractivity contribution in [3.63, 3.8) is 0 Å². The molecule has 0 spiro atoms. The maximum atomic E-state index is 6.08. The zero-order valence-corrected chi connectivity index (χ0v) is 14.1. The van der Waals surface area contributed by atoms with Gasteiger partial charge in [-0.05, 0) is 34.6 Å². The Kier molecular flexibility index (Phi) is 4.05. The highest BCUT2D eigenvalue weighted by atomic mass is 16.9. The average Bonchev–Trinajstić information content (AvgIpc) is 2.99. The molecule has 0 unspecified atom stereocenters. The van der Waals surface area contributed by atoms with Crippen LogP contribution in [0.2, 0.25) is 0 Å². The van der Waals surface area contributed by atoms with E-state index in [1.54, 1.807) is 7.11 Å². The average molecular weight is 318 g/mol. The van der Waals surface area contributed by atoms with Crippen molar-refractivity contribution in [2.75, 3.05) is 20.5 Å². The van der Waals surface area contributed by atoms with E-state index in [0.717, 1.165) is 0 Å². The topological polar surface area (TPSA) is 64.6 Å². The minimum Gasteiger partial charge on any atom is -0.359 e. The van der Waals surface area contributed by atoms with Gasteiger partial charge in [0.25, 0.3) is 0 Å². The van der Waals surface area contributed by atoms with Crippen molar-refractivity contribution in [1.82, 2.24) is 0 Å². The van der Waals surface area contributed by atoms with E-state index >= 15 is 0 Å². The van der Waals surface area contributed by atoms with Crippen LogP contribution in [0.1, 0.15) is 34.6 Å². The molecule has 0 bridgehead atoms. The fraction of sp³-hybridized carbons (Fsp3) is 1.00. The van der Waals surface area contributed by atoms with Gasteiger partial charge in [0.05, 0.1) is 6.61 Å². The molecule has 7 heteroatoms. The van der Waals surface area contributed by atoms with Crippen LogP contribution >= 0.6 is 0 Å². The molecule has 128 valence electrons. The Balaban J connectivity index is 1.81. The fourth-order valence-electron chi connectivity index (χ4n) is 3.33. The zero-order chi connectivity index (χ0) is 16.2. The molecule has 5 atom stereocenters. The first kappa shape index (κ1) is 16.6. The van der Waals surface area contributed by atoms with E-state index < -0.39 is 23.5 Å². The maximum Gasteiger partial charge on any atom is 0.190 e. The number of rotatable bonds is 4. The van der Waals surface area contributed by atoms with Gasteiger partial charge >= 0.3 is 0 Å². The standard InChI is InChI=1S/C15H26O7/c1-13(2)17-7-9(20-13)10-15(5,18-8-16-6)11-12(19-10)22-14(3,4)21-11/h9-12H,7-8H2,1-6H3/t9-,10-,11+,12-,15-/m1/s1. The number of ether oxygens (including phenoxy) is 7. The van der Waals surface area contributed by atoms with Gasteiger partial charge in [-0.15, -0.1) is 0 Å². The molecule has 7 nitrogen and oxygen atoms in total. The Labute approximate surface area is 131 Å². The van der Waals surface area contributed by atoms with E-state index in [2.05, 4.69) is 0 Å². The van der Waals surface area contributed by atoms with Gasteiger partial charge in [0, 0.05) is 7.11 Å². The van der Waals surface area contributed by atoms with Crippen LogP contribution in [0.25, 0.3) is 0 Å². The van der Waals surface area contributed by atoms with Gasteiger partial charge in [0.1, 0.15) is 30.7 Å². The number of fused-ring (bicyclic) bond motifs is 1. The van der Waals surface area contributed by atoms with E-state index in [0.29, 0.717) is 6.61 Å². The normalized spacial score (nSPS) is 46.1. The molecular formula is C15H26O7. The van der Waals surface area contributed by atoms with Gasteiger partial charge in [0.15, 0.2) is 17.9 Å². The van der Waals surface area contributed by atoms with Gasteiger partial charge in [0.2, 0.25) is 0 Å². The molecule has 3 aliphatic heterocycles. The highest BCUT2D eigenvalue weighted by Crippen LogP contribution is 2.47. The smallest absolute Gasteiger partial charge is 0.190 e. The third-order valence-corrected chi connectivity index (χ3v) is 4.32. The molecule has 0 saturated carbocycles. The van der Waals surface area contributed by atoms with Gasteiger partial charge < -0.3 is 33.2 Å². The molecule has 22 heavy (non-hydrogen) atoms. The van der Waals surface area contributed by atoms with Crippen molar-refractivity contribution in [3.05, 3.63) is 0 Å². The summed E-state index contributed by atoms with van der Waals surface area (Å²) in [4.78, 5) is 0. The van der Waals surface area contributed by atoms with Gasteiger partial charge in [-0.1, -0.05) is 0 Å². The van der Waals surface area contributed by atoms with Crippen LogP contribution in [0, 0.1) is 0 Å². The lowest BCUT2D eigenvalue weighted by atomic mass is 9.91. The second-order valence-electron chi connectivity index (χ2n) is 7.08. The molecule has 0 aliphatic carbocycles. The third-order valence-electron chi connectivity index (χ3n) is 4.32. The van der Waals surface area contributed by atoms with Crippen molar-refractivity contribution in [3.8, 4) is 0 Å². The Hall–Kier alpha value is -0.280. The van der Waals surface area contributed by atoms with Crippen molar-refractivity contribution in [1.29, 1.82) is 0 Å². The SMILES string of the molecule is COCO[C@]1(C)[C@@H]([C@H]2COC(C)(C)O2)O[C@@H]2OC(C)(C)O[C@@H]21. The van der Waals surface area contributed by atoms with Crippen LogP contribution in [0.5, 0.6) is 0 Å². The zero-order valence-electron chi connectivity index (χ0n) is 14.1. The maximum absolute atomic E-state index is 6.08. The fourth-order valence-corrected chi connectivity index (χ4v) is 3.33. The van der Waals surface area contributed by atoms with E-state index in [4.69, 9.17) is 33.2 Å². The van der Waals surface area contributed by atoms with Gasteiger partial charge in [-0.2, -0.15) is 0 Å². The molecular weight excluding hydrogens is 292 g/mol. The summed E-state index contributed by atoms with van der Waals surface area (Å²) in [6.07, 6.45) is -1.46. The summed E-state index contributed by atoms with van der Waals surface area (Å²) in [5, 5.41) is 0. The third kappa shape index (κ3) is 2.80. The molecule has 0 amide bonds. The quantitative estimate of drug-likeness (QED) is 0.726. The Bertz CT molecular complexity index is 424. The number of hydrogen-bond acceptors (Lipinski definition) is 7. The van der Waals surface area contributed by atoms with E-state index in [-0.39, 0.29) is 25.1 Å². The lowest BCUT2D eigenvalue weighted by molar-refractivity contribution is -0.262. The summed E-state index contributed by atoms with van der Waals surface area (Å²) in [7, 11) is 1.58. The Morgan fingerprint density at radius 1 is 0.955 bits per heavy atom. The second-order valence-corrected chi connectivity index (χ2v) is 7.08. The molecule has 3 saturated heterocycles. The first-order chi connectivity index (χ1) is 10.2. The van der Waals surface area contributed by atoms with Crippen molar-refractivity contribution in [2.45, 2.75) is 76.4 Å². The lowest BCUT2D eigenvalue weighted by Crippen LogP contribution is -2.54. The van der Waals surface area contributed by atoms with Crippen LogP contribution < -0.4 is 0 Å². The lowest BCUT2D eigenvalue weighted by Gasteiger charge is -2.36. The van der Waals surface area contributed by atoms with Crippen LogP contribution in [-0.4, -0.2) is 62.3 Å². The molecule has 0 radical (unpaired) electrons. The first-order valence-electron chi connectivity index (χ1n) is 7.63. The predicted molar refractivity (Wildman–Crippen MR) is 75.0 cm³/mol. The summed E-state index contributed by atoms with van der Waals surface area (Å²) in [5.41, 5.74) is -0.747. The molecule has 0 aromatic rings. The summed E-state index contributed by atoms with van der Waals surface area (Å²) < 4.78 is 40.5. The second kappa shape index (κ2) is 5.37. The first-order valence-corrected chi connectivity index (χ1v) is 7.63. The summed E-state index contributed by atoms with van der Waals surface area (Å²) >= 11 is 0. The highest BCUT2D eigenvalue weighted by Gasteiger charge is 2.65. The number of hydrogen-bond donors (Lipinski definition) is 0. The number of methoxy groups -OCH3 is 1. The van der Waals surface area contributed by atoms with Gasteiger partial charge in [-0.25, -0.2) is 0 Å². The van der Waals surface area contributed by atoms with Crippen molar-refractivity contribution >= 4 is 0 Å². The minimum absolute atomic E-state index is 0.139. The molecule has 0 aromatic heterocycles. The summed E-state index contributed by atoms with van der Waals surface area (Å²) in [6, 6.07) is 0. The summed E-state index contributed by atoms with van der Waals surface area (Å²) in [5.74, 6) is -1.33. The predicted octanol–water partition coefficient (Wildman–Crippen LogP) is 1.39. The molecule has 0 N–H and O–H groups in total. The Morgan fingerprint density at radius 2 is 1.68 bits per heavy atom. The van der Waals surface area contributed by atoms with Crippen LogP contribution in [-0.2, 0) is 33.2 Å². The molecule has 3 fully saturated rings. The molecule has 3 aliphatic rings. The Morgan fingerprint density at radius 3 is 2.27 bits per heavy atom. The highest BCUT2D eigenvalue weighted by molar-refractivity contribution is 5.07. The van der Waals surface area contributed by atoms with E-state index in [1.807, 2.05) is 34.6 Å². The van der Waals surface area contributed by atoms with Crippen LogP contribution in [0.15, 0.2) is 0 Å². The van der Waals surface area contributed by atoms with Crippen molar-refractivity contribution in [2.24, 2.45) is 0 Å². The molecule has 3 rings (SSSR count). The molecule has 0 aromatic carbocycles. The minimum atomic E-state index is -0.747. The van der Waals surface area contributed by atoms with Crippen LogP contribution in [0.4, 0.5) is 0 Å². The van der Waals surface area contributed by atoms with Crippen molar-refractivity contribution < 1.29 is 33.2 Å². The van der Waals surface area contributed by atoms with E-state index in [9.17, 15) is 0 Å². The summed E-state index contributed by atoms with van der Waals surface area (Å²) in [6.45, 7) is 10.0. The largest absolute Gasteiger partial charge is 0.359 e. The van der Waals surface area contributed by atoms with Gasteiger partial charge in [-0.3, -0.25) is 0 Å². The van der Waals surface area contributed by atoms with Crippen LogP contribution in [0.3, 0.4) is 0 Å². The van der Waals surface area contributed by atoms with E-state index in [1.165, 1.54) is 0 Å².